The second-order valence-electron chi connectivity index (χ2n) is 3.94. The molecular formula is C11H14BrNOS. The van der Waals surface area contributed by atoms with Crippen LogP contribution in [0.1, 0.15) is 28.9 Å². The van der Waals surface area contributed by atoms with Crippen molar-refractivity contribution in [3.05, 3.63) is 20.8 Å². The molecule has 2 nitrogen and oxygen atoms in total. The fraction of sp³-hybridized carbons (Fsp3) is 0.545. The summed E-state index contributed by atoms with van der Waals surface area (Å²) in [6.45, 7) is 2.10. The van der Waals surface area contributed by atoms with Gasteiger partial charge in [0.1, 0.15) is 0 Å². The Balaban J connectivity index is 1.91. The van der Waals surface area contributed by atoms with Crippen LogP contribution in [0.25, 0.3) is 0 Å². The normalized spacial score (nSPS) is 21.5. The van der Waals surface area contributed by atoms with E-state index >= 15 is 0 Å². The van der Waals surface area contributed by atoms with Crippen molar-refractivity contribution in [1.82, 2.24) is 5.32 Å². The molecule has 0 aromatic carbocycles. The quantitative estimate of drug-likeness (QED) is 0.866. The lowest BCUT2D eigenvalue weighted by molar-refractivity contribution is 0.0958. The summed E-state index contributed by atoms with van der Waals surface area (Å²) in [6, 6.07) is 3.85. The number of halogens is 1. The molecule has 0 amide bonds. The SMILES string of the molecule is O=C(CC1CCCNC1)c1ccc(Br)s1. The van der Waals surface area contributed by atoms with E-state index in [-0.39, 0.29) is 0 Å². The van der Waals surface area contributed by atoms with Crippen molar-refractivity contribution in [2.45, 2.75) is 19.3 Å². The molecule has 1 aliphatic rings. The van der Waals surface area contributed by atoms with Gasteiger partial charge in [0.2, 0.25) is 0 Å². The average Bonchev–Trinajstić information content (AvgIpc) is 2.66. The first-order chi connectivity index (χ1) is 7.25. The molecule has 0 spiro atoms. The van der Waals surface area contributed by atoms with E-state index in [1.54, 1.807) is 0 Å². The first kappa shape index (κ1) is 11.3. The molecule has 1 aromatic rings. The molecule has 1 aliphatic heterocycles. The lowest BCUT2D eigenvalue weighted by atomic mass is 9.94. The smallest absolute Gasteiger partial charge is 0.173 e. The summed E-state index contributed by atoms with van der Waals surface area (Å²) in [5, 5.41) is 3.34. The summed E-state index contributed by atoms with van der Waals surface area (Å²) in [7, 11) is 0. The molecule has 1 aromatic heterocycles. The highest BCUT2D eigenvalue weighted by atomic mass is 79.9. The van der Waals surface area contributed by atoms with Crippen molar-refractivity contribution in [3.8, 4) is 0 Å². The fourth-order valence-electron chi connectivity index (χ4n) is 1.93. The number of Topliss-reactive ketones (excluding diaryl/α,β-unsaturated/α-hetero) is 1. The van der Waals surface area contributed by atoms with Crippen LogP contribution >= 0.6 is 27.3 Å². The molecule has 15 heavy (non-hydrogen) atoms. The number of piperidine rings is 1. The second-order valence-corrected chi connectivity index (χ2v) is 6.41. The first-order valence-corrected chi connectivity index (χ1v) is 6.86. The predicted octanol–water partition coefficient (Wildman–Crippen LogP) is 3.08. The maximum Gasteiger partial charge on any atom is 0.173 e. The molecule has 0 saturated carbocycles. The minimum absolute atomic E-state index is 0.291. The number of nitrogens with one attached hydrogen (secondary N) is 1. The van der Waals surface area contributed by atoms with Gasteiger partial charge in [0.15, 0.2) is 5.78 Å². The average molecular weight is 288 g/mol. The fourth-order valence-corrected chi connectivity index (χ4v) is 3.26. The van der Waals surface area contributed by atoms with Gasteiger partial charge in [-0.1, -0.05) is 0 Å². The van der Waals surface area contributed by atoms with Gasteiger partial charge in [0, 0.05) is 6.42 Å². The minimum Gasteiger partial charge on any atom is -0.316 e. The summed E-state index contributed by atoms with van der Waals surface area (Å²) in [4.78, 5) is 12.8. The highest BCUT2D eigenvalue weighted by molar-refractivity contribution is 9.11. The Bertz CT molecular complexity index is 344. The second kappa shape index (κ2) is 5.23. The van der Waals surface area contributed by atoms with Crippen LogP contribution in [-0.2, 0) is 0 Å². The van der Waals surface area contributed by atoms with Crippen LogP contribution in [-0.4, -0.2) is 18.9 Å². The summed E-state index contributed by atoms with van der Waals surface area (Å²) < 4.78 is 1.03. The van der Waals surface area contributed by atoms with Crippen molar-refractivity contribution in [1.29, 1.82) is 0 Å². The number of hydrogen-bond donors (Lipinski definition) is 1. The molecule has 1 fully saturated rings. The van der Waals surface area contributed by atoms with E-state index in [0.29, 0.717) is 18.1 Å². The molecule has 1 atom stereocenters. The molecule has 82 valence electrons. The van der Waals surface area contributed by atoms with Crippen molar-refractivity contribution in [2.75, 3.05) is 13.1 Å². The van der Waals surface area contributed by atoms with Crippen LogP contribution in [0.5, 0.6) is 0 Å². The number of hydrogen-bond acceptors (Lipinski definition) is 3. The van der Waals surface area contributed by atoms with Crippen molar-refractivity contribution in [2.24, 2.45) is 5.92 Å². The molecule has 0 radical (unpaired) electrons. The lowest BCUT2D eigenvalue weighted by Gasteiger charge is -2.21. The number of carbonyl (C=O) groups is 1. The Morgan fingerprint density at radius 1 is 1.60 bits per heavy atom. The maximum absolute atomic E-state index is 11.9. The van der Waals surface area contributed by atoms with Gasteiger partial charge in [-0.05, 0) is 59.9 Å². The van der Waals surface area contributed by atoms with Crippen LogP contribution in [0.2, 0.25) is 0 Å². The summed E-state index contributed by atoms with van der Waals surface area (Å²) in [5.74, 6) is 0.825. The number of ketones is 1. The highest BCUT2D eigenvalue weighted by Gasteiger charge is 2.18. The molecule has 1 unspecified atom stereocenters. The van der Waals surface area contributed by atoms with Crippen LogP contribution in [0.15, 0.2) is 15.9 Å². The van der Waals surface area contributed by atoms with E-state index in [1.807, 2.05) is 12.1 Å². The third-order valence-corrected chi connectivity index (χ3v) is 4.39. The van der Waals surface area contributed by atoms with Gasteiger partial charge in [-0.15, -0.1) is 11.3 Å². The van der Waals surface area contributed by atoms with E-state index < -0.39 is 0 Å². The van der Waals surface area contributed by atoms with Crippen LogP contribution in [0.3, 0.4) is 0 Å². The zero-order chi connectivity index (χ0) is 10.7. The molecule has 1 N–H and O–H groups in total. The molecule has 2 rings (SSSR count). The predicted molar refractivity (Wildman–Crippen MR) is 66.6 cm³/mol. The first-order valence-electron chi connectivity index (χ1n) is 5.25. The summed E-state index contributed by atoms with van der Waals surface area (Å²) in [6.07, 6.45) is 3.08. The number of rotatable bonds is 3. The molecule has 1 saturated heterocycles. The van der Waals surface area contributed by atoms with Gasteiger partial charge in [-0.25, -0.2) is 0 Å². The zero-order valence-electron chi connectivity index (χ0n) is 8.46. The Morgan fingerprint density at radius 2 is 2.47 bits per heavy atom. The van der Waals surface area contributed by atoms with Gasteiger partial charge in [-0.3, -0.25) is 4.79 Å². The van der Waals surface area contributed by atoms with E-state index in [0.717, 1.165) is 21.8 Å². The number of thiophene rings is 1. The van der Waals surface area contributed by atoms with Gasteiger partial charge in [0.05, 0.1) is 8.66 Å². The summed E-state index contributed by atoms with van der Waals surface area (Å²) in [5.41, 5.74) is 0. The van der Waals surface area contributed by atoms with E-state index in [4.69, 9.17) is 0 Å². The highest BCUT2D eigenvalue weighted by Crippen LogP contribution is 2.25. The monoisotopic (exact) mass is 287 g/mol. The van der Waals surface area contributed by atoms with E-state index in [9.17, 15) is 4.79 Å². The Labute approximate surface area is 102 Å². The topological polar surface area (TPSA) is 29.1 Å². The minimum atomic E-state index is 0.291. The molecule has 0 bridgehead atoms. The van der Waals surface area contributed by atoms with Crippen LogP contribution in [0.4, 0.5) is 0 Å². The maximum atomic E-state index is 11.9. The molecule has 4 heteroatoms. The van der Waals surface area contributed by atoms with Crippen molar-refractivity contribution >= 4 is 33.0 Å². The number of carbonyl (C=O) groups excluding carboxylic acids is 1. The molecule has 2 heterocycles. The molecule has 0 aliphatic carbocycles. The van der Waals surface area contributed by atoms with E-state index in [1.165, 1.54) is 24.2 Å². The van der Waals surface area contributed by atoms with Gasteiger partial charge in [0.25, 0.3) is 0 Å². The largest absolute Gasteiger partial charge is 0.316 e. The Morgan fingerprint density at radius 3 is 3.07 bits per heavy atom. The van der Waals surface area contributed by atoms with Crippen LogP contribution < -0.4 is 5.32 Å². The Kier molecular flexibility index (Phi) is 3.94. The van der Waals surface area contributed by atoms with Crippen LogP contribution in [0, 0.1) is 5.92 Å². The summed E-state index contributed by atoms with van der Waals surface area (Å²) >= 11 is 4.91. The third kappa shape index (κ3) is 3.13. The zero-order valence-corrected chi connectivity index (χ0v) is 10.9. The lowest BCUT2D eigenvalue weighted by Crippen LogP contribution is -2.30. The Hall–Kier alpha value is -0.190. The van der Waals surface area contributed by atoms with Gasteiger partial charge in [-0.2, -0.15) is 0 Å². The van der Waals surface area contributed by atoms with Crippen molar-refractivity contribution in [3.63, 3.8) is 0 Å². The van der Waals surface area contributed by atoms with Gasteiger partial charge >= 0.3 is 0 Å². The van der Waals surface area contributed by atoms with Crippen molar-refractivity contribution < 1.29 is 4.79 Å². The standard InChI is InChI=1S/C11H14BrNOS/c12-11-4-3-10(15-11)9(14)6-8-2-1-5-13-7-8/h3-4,8,13H,1-2,5-7H2. The van der Waals surface area contributed by atoms with E-state index in [2.05, 4.69) is 21.2 Å². The third-order valence-electron chi connectivity index (χ3n) is 2.72. The van der Waals surface area contributed by atoms with Gasteiger partial charge < -0.3 is 5.32 Å². The molecular weight excluding hydrogens is 274 g/mol.